The number of halogens is 1. The zero-order valence-corrected chi connectivity index (χ0v) is 17.4. The molecule has 7 heteroatoms. The lowest BCUT2D eigenvalue weighted by molar-refractivity contribution is -0.131. The Balaban J connectivity index is 1.50. The number of aromatic nitrogens is 2. The fourth-order valence-corrected chi connectivity index (χ4v) is 3.89. The van der Waals surface area contributed by atoms with Crippen LogP contribution in [0.2, 0.25) is 0 Å². The molecule has 1 aromatic heterocycles. The lowest BCUT2D eigenvalue weighted by Crippen LogP contribution is -2.41. The Morgan fingerprint density at radius 2 is 1.93 bits per heavy atom. The molecule has 0 spiro atoms. The van der Waals surface area contributed by atoms with E-state index in [9.17, 15) is 9.59 Å². The second kappa shape index (κ2) is 8.71. The van der Waals surface area contributed by atoms with Gasteiger partial charge in [-0.2, -0.15) is 0 Å². The molecule has 0 saturated heterocycles. The van der Waals surface area contributed by atoms with Gasteiger partial charge < -0.3 is 14.6 Å². The number of H-pyrrole nitrogens is 1. The van der Waals surface area contributed by atoms with Crippen LogP contribution in [0.4, 0.5) is 0 Å². The Kier molecular flexibility index (Phi) is 5.86. The molecule has 1 N–H and O–H groups in total. The van der Waals surface area contributed by atoms with Gasteiger partial charge in [0.15, 0.2) is 0 Å². The highest BCUT2D eigenvalue weighted by molar-refractivity contribution is 6.30. The minimum atomic E-state index is -0.769. The van der Waals surface area contributed by atoms with Gasteiger partial charge in [-0.1, -0.05) is 42.5 Å². The van der Waals surface area contributed by atoms with E-state index in [0.717, 1.165) is 22.6 Å². The van der Waals surface area contributed by atoms with Crippen LogP contribution >= 0.6 is 11.6 Å². The third-order valence-corrected chi connectivity index (χ3v) is 5.71. The van der Waals surface area contributed by atoms with Crippen molar-refractivity contribution in [3.8, 4) is 5.75 Å². The quantitative estimate of drug-likeness (QED) is 0.639. The van der Waals surface area contributed by atoms with E-state index in [-0.39, 0.29) is 18.0 Å². The molecule has 0 fully saturated rings. The van der Waals surface area contributed by atoms with Crippen molar-refractivity contribution in [3.63, 3.8) is 0 Å². The largest absolute Gasteiger partial charge is 0.497 e. The van der Waals surface area contributed by atoms with E-state index in [4.69, 9.17) is 16.3 Å². The number of amides is 1. The molecule has 2 heterocycles. The monoisotopic (exact) mass is 423 g/mol. The standard InChI is InChI=1S/C23H22ClN3O3/c1-30-17-9-7-15(8-10-17)13-20-25-19-11-12-27(14-18(19)22(28)26-20)23(29)21(24)16-5-3-2-4-6-16/h2-10,21H,11-14H2,1H3,(H,25,26,28). The molecule has 1 amide bonds. The number of hydrogen-bond donors (Lipinski definition) is 1. The number of carbonyl (C=O) groups excluding carboxylic acids is 1. The number of nitrogens with zero attached hydrogens (tertiary/aromatic N) is 2. The number of ether oxygens (including phenoxy) is 1. The Hall–Kier alpha value is -3.12. The first-order valence-corrected chi connectivity index (χ1v) is 10.2. The maximum Gasteiger partial charge on any atom is 0.256 e. The first-order valence-electron chi connectivity index (χ1n) is 9.77. The summed E-state index contributed by atoms with van der Waals surface area (Å²) < 4.78 is 5.17. The summed E-state index contributed by atoms with van der Waals surface area (Å²) in [6.45, 7) is 0.704. The first-order chi connectivity index (χ1) is 14.5. The topological polar surface area (TPSA) is 75.3 Å². The van der Waals surface area contributed by atoms with Crippen molar-refractivity contribution in [2.75, 3.05) is 13.7 Å². The third kappa shape index (κ3) is 4.24. The van der Waals surface area contributed by atoms with Crippen molar-refractivity contribution in [2.45, 2.75) is 24.8 Å². The van der Waals surface area contributed by atoms with E-state index in [0.29, 0.717) is 30.8 Å². The van der Waals surface area contributed by atoms with Gasteiger partial charge in [0.25, 0.3) is 5.56 Å². The van der Waals surface area contributed by atoms with Crippen LogP contribution in [0.5, 0.6) is 5.75 Å². The molecule has 0 saturated carbocycles. The van der Waals surface area contributed by atoms with E-state index in [2.05, 4.69) is 9.97 Å². The maximum absolute atomic E-state index is 12.8. The molecular weight excluding hydrogens is 402 g/mol. The molecule has 30 heavy (non-hydrogen) atoms. The zero-order chi connectivity index (χ0) is 21.1. The highest BCUT2D eigenvalue weighted by Crippen LogP contribution is 2.25. The van der Waals surface area contributed by atoms with E-state index < -0.39 is 5.38 Å². The molecule has 0 radical (unpaired) electrons. The summed E-state index contributed by atoms with van der Waals surface area (Å²) in [5.41, 5.74) is 2.85. The number of fused-ring (bicyclic) bond motifs is 1. The van der Waals surface area contributed by atoms with Crippen molar-refractivity contribution in [1.82, 2.24) is 14.9 Å². The first kappa shape index (κ1) is 20.2. The number of hydrogen-bond acceptors (Lipinski definition) is 4. The van der Waals surface area contributed by atoms with Crippen molar-refractivity contribution in [2.24, 2.45) is 0 Å². The van der Waals surface area contributed by atoms with Gasteiger partial charge in [-0.15, -0.1) is 11.6 Å². The van der Waals surface area contributed by atoms with Gasteiger partial charge in [-0.3, -0.25) is 9.59 Å². The minimum Gasteiger partial charge on any atom is -0.497 e. The van der Waals surface area contributed by atoms with Gasteiger partial charge in [-0.05, 0) is 23.3 Å². The highest BCUT2D eigenvalue weighted by atomic mass is 35.5. The minimum absolute atomic E-state index is 0.199. The van der Waals surface area contributed by atoms with E-state index >= 15 is 0 Å². The summed E-state index contributed by atoms with van der Waals surface area (Å²) in [5, 5.41) is -0.769. The summed E-state index contributed by atoms with van der Waals surface area (Å²) in [6.07, 6.45) is 1.05. The van der Waals surface area contributed by atoms with Crippen LogP contribution in [-0.2, 0) is 24.2 Å². The Morgan fingerprint density at radius 1 is 1.20 bits per heavy atom. The van der Waals surface area contributed by atoms with Gasteiger partial charge in [-0.25, -0.2) is 4.98 Å². The summed E-state index contributed by atoms with van der Waals surface area (Å²) in [4.78, 5) is 34.7. The molecule has 0 aliphatic carbocycles. The lowest BCUT2D eigenvalue weighted by atomic mass is 10.0. The molecule has 0 bridgehead atoms. The van der Waals surface area contributed by atoms with Crippen LogP contribution in [0.1, 0.15) is 33.6 Å². The van der Waals surface area contributed by atoms with Crippen LogP contribution in [0.15, 0.2) is 59.4 Å². The number of alkyl halides is 1. The number of methoxy groups -OCH3 is 1. The van der Waals surface area contributed by atoms with Gasteiger partial charge >= 0.3 is 0 Å². The van der Waals surface area contributed by atoms with Gasteiger partial charge in [0.1, 0.15) is 17.0 Å². The number of rotatable bonds is 5. The molecule has 3 aromatic rings. The van der Waals surface area contributed by atoms with Crippen LogP contribution in [0, 0.1) is 0 Å². The predicted octanol–water partition coefficient (Wildman–Crippen LogP) is 3.23. The summed E-state index contributed by atoms with van der Waals surface area (Å²) in [5.74, 6) is 1.20. The van der Waals surface area contributed by atoms with Crippen LogP contribution < -0.4 is 10.3 Å². The molecule has 1 aliphatic heterocycles. The molecule has 6 nitrogen and oxygen atoms in total. The number of benzene rings is 2. The smallest absolute Gasteiger partial charge is 0.256 e. The normalized spacial score (nSPS) is 14.1. The van der Waals surface area contributed by atoms with Crippen LogP contribution in [0.3, 0.4) is 0 Å². The maximum atomic E-state index is 12.8. The van der Waals surface area contributed by atoms with Crippen molar-refractivity contribution in [1.29, 1.82) is 0 Å². The molecule has 1 unspecified atom stereocenters. The second-order valence-corrected chi connectivity index (χ2v) is 7.68. The van der Waals surface area contributed by atoms with Gasteiger partial charge in [0, 0.05) is 19.4 Å². The molecule has 1 atom stereocenters. The van der Waals surface area contributed by atoms with E-state index in [1.54, 1.807) is 12.0 Å². The molecule has 154 valence electrons. The Labute approximate surface area is 179 Å². The van der Waals surface area contributed by atoms with Gasteiger partial charge in [0.2, 0.25) is 5.91 Å². The SMILES string of the molecule is COc1ccc(Cc2nc3c(c(=O)[nH]2)CN(C(=O)C(Cl)c2ccccc2)CC3)cc1. The zero-order valence-electron chi connectivity index (χ0n) is 16.6. The van der Waals surface area contributed by atoms with Crippen molar-refractivity contribution in [3.05, 3.63) is 93.2 Å². The van der Waals surface area contributed by atoms with Crippen LogP contribution in [0.25, 0.3) is 0 Å². The highest BCUT2D eigenvalue weighted by Gasteiger charge is 2.29. The Bertz CT molecular complexity index is 1100. The molecular formula is C23H22ClN3O3. The fourth-order valence-electron chi connectivity index (χ4n) is 3.61. The number of carbonyl (C=O) groups is 1. The average Bonchev–Trinajstić information content (AvgIpc) is 2.79. The number of aromatic amines is 1. The molecule has 1 aliphatic rings. The van der Waals surface area contributed by atoms with Crippen LogP contribution in [-0.4, -0.2) is 34.4 Å². The lowest BCUT2D eigenvalue weighted by Gasteiger charge is -2.29. The van der Waals surface area contributed by atoms with Crippen molar-refractivity contribution >= 4 is 17.5 Å². The Morgan fingerprint density at radius 3 is 2.63 bits per heavy atom. The van der Waals surface area contributed by atoms with E-state index in [1.165, 1.54) is 0 Å². The summed E-state index contributed by atoms with van der Waals surface area (Å²) in [7, 11) is 1.62. The average molecular weight is 424 g/mol. The van der Waals surface area contributed by atoms with E-state index in [1.807, 2.05) is 54.6 Å². The predicted molar refractivity (Wildman–Crippen MR) is 115 cm³/mol. The second-order valence-electron chi connectivity index (χ2n) is 7.25. The van der Waals surface area contributed by atoms with Crippen molar-refractivity contribution < 1.29 is 9.53 Å². The molecule has 2 aromatic carbocycles. The summed E-state index contributed by atoms with van der Waals surface area (Å²) in [6, 6.07) is 16.9. The summed E-state index contributed by atoms with van der Waals surface area (Å²) >= 11 is 6.39. The third-order valence-electron chi connectivity index (χ3n) is 5.27. The van der Waals surface area contributed by atoms with Gasteiger partial charge in [0.05, 0.1) is 24.9 Å². The number of nitrogens with one attached hydrogen (secondary N) is 1. The fraction of sp³-hybridized carbons (Fsp3) is 0.261. The molecule has 4 rings (SSSR count).